The molecule has 1 heterocycles. The molecule has 0 amide bonds. The lowest BCUT2D eigenvalue weighted by Crippen LogP contribution is -2.55. The Kier molecular flexibility index (Phi) is 6.23. The van der Waals surface area contributed by atoms with Gasteiger partial charge in [-0.2, -0.15) is 0 Å². The fraction of sp³-hybridized carbons (Fsp3) is 0.647. The van der Waals surface area contributed by atoms with Gasteiger partial charge in [0.1, 0.15) is 0 Å². The number of nitrogens with zero attached hydrogens (tertiary/aromatic N) is 2. The van der Waals surface area contributed by atoms with E-state index < -0.39 is 0 Å². The van der Waals surface area contributed by atoms with Gasteiger partial charge in [-0.15, -0.1) is 0 Å². The van der Waals surface area contributed by atoms with Gasteiger partial charge >= 0.3 is 0 Å². The summed E-state index contributed by atoms with van der Waals surface area (Å²) >= 11 is 3.50. The highest BCUT2D eigenvalue weighted by molar-refractivity contribution is 9.10. The molecule has 0 aliphatic carbocycles. The highest BCUT2D eigenvalue weighted by atomic mass is 79.9. The summed E-state index contributed by atoms with van der Waals surface area (Å²) in [7, 11) is 4.30. The summed E-state index contributed by atoms with van der Waals surface area (Å²) in [4.78, 5) is 5.10. The van der Waals surface area contributed by atoms with Crippen molar-refractivity contribution in [2.24, 2.45) is 0 Å². The van der Waals surface area contributed by atoms with E-state index in [1.54, 1.807) is 0 Å². The Morgan fingerprint density at radius 1 is 1.19 bits per heavy atom. The van der Waals surface area contributed by atoms with Crippen molar-refractivity contribution in [3.05, 3.63) is 34.3 Å². The van der Waals surface area contributed by atoms with E-state index in [2.05, 4.69) is 83.3 Å². The van der Waals surface area contributed by atoms with Crippen LogP contribution in [0.4, 0.5) is 0 Å². The molecular weight excluding hydrogens is 326 g/mol. The first-order valence-corrected chi connectivity index (χ1v) is 8.67. The highest BCUT2D eigenvalue weighted by Crippen LogP contribution is 2.21. The van der Waals surface area contributed by atoms with Crippen LogP contribution in [-0.2, 0) is 0 Å². The van der Waals surface area contributed by atoms with Crippen molar-refractivity contribution in [3.8, 4) is 0 Å². The molecule has 1 aromatic carbocycles. The molecule has 1 N–H and O–H groups in total. The molecule has 0 saturated carbocycles. The van der Waals surface area contributed by atoms with Crippen molar-refractivity contribution in [3.63, 3.8) is 0 Å². The average molecular weight is 354 g/mol. The van der Waals surface area contributed by atoms with Gasteiger partial charge < -0.3 is 10.2 Å². The summed E-state index contributed by atoms with van der Waals surface area (Å²) < 4.78 is 1.14. The quantitative estimate of drug-likeness (QED) is 0.877. The minimum Gasteiger partial charge on any atom is -0.313 e. The van der Waals surface area contributed by atoms with Crippen molar-refractivity contribution in [2.75, 3.05) is 33.7 Å². The Morgan fingerprint density at radius 3 is 2.29 bits per heavy atom. The summed E-state index contributed by atoms with van der Waals surface area (Å²) in [6, 6.07) is 10.4. The van der Waals surface area contributed by atoms with E-state index in [1.165, 1.54) is 18.7 Å². The third kappa shape index (κ3) is 4.52. The summed E-state index contributed by atoms with van der Waals surface area (Å²) in [6.45, 7) is 8.17. The van der Waals surface area contributed by atoms with Crippen LogP contribution in [-0.4, -0.2) is 55.6 Å². The van der Waals surface area contributed by atoms with Gasteiger partial charge in [-0.05, 0) is 52.1 Å². The zero-order valence-corrected chi connectivity index (χ0v) is 15.2. The third-order valence-electron chi connectivity index (χ3n) is 4.79. The number of benzene rings is 1. The number of likely N-dealkylation sites (N-methyl/N-ethyl adjacent to an activating group) is 1. The Bertz CT molecular complexity index is 422. The zero-order valence-electron chi connectivity index (χ0n) is 13.6. The lowest BCUT2D eigenvalue weighted by Gasteiger charge is -2.42. The van der Waals surface area contributed by atoms with E-state index in [0.29, 0.717) is 18.1 Å². The van der Waals surface area contributed by atoms with E-state index in [1.807, 2.05) is 0 Å². The largest absolute Gasteiger partial charge is 0.313 e. The van der Waals surface area contributed by atoms with Gasteiger partial charge in [0.15, 0.2) is 0 Å². The smallest absolute Gasteiger partial charge is 0.0329 e. The lowest BCUT2D eigenvalue weighted by atomic mass is 10.0. The number of halogens is 1. The van der Waals surface area contributed by atoms with Gasteiger partial charge in [0.25, 0.3) is 0 Å². The van der Waals surface area contributed by atoms with Gasteiger partial charge in [-0.25, -0.2) is 0 Å². The predicted molar refractivity (Wildman–Crippen MR) is 93.7 cm³/mol. The molecule has 3 atom stereocenters. The second-order valence-corrected chi connectivity index (χ2v) is 7.22. The summed E-state index contributed by atoms with van der Waals surface area (Å²) in [5.41, 5.74) is 1.37. The Labute approximate surface area is 137 Å². The molecule has 0 aromatic heterocycles. The maximum atomic E-state index is 3.50. The first kappa shape index (κ1) is 16.9. The Morgan fingerprint density at radius 2 is 1.76 bits per heavy atom. The monoisotopic (exact) mass is 353 g/mol. The fourth-order valence-electron chi connectivity index (χ4n) is 3.18. The molecule has 0 radical (unpaired) electrons. The molecule has 1 aromatic rings. The molecule has 0 bridgehead atoms. The van der Waals surface area contributed by atoms with Gasteiger partial charge in [0.05, 0.1) is 0 Å². The number of nitrogens with one attached hydrogen (secondary N) is 1. The average Bonchev–Trinajstić information content (AvgIpc) is 2.47. The minimum absolute atomic E-state index is 0.434. The van der Waals surface area contributed by atoms with E-state index in [9.17, 15) is 0 Å². The topological polar surface area (TPSA) is 18.5 Å². The van der Waals surface area contributed by atoms with Crippen LogP contribution in [0, 0.1) is 0 Å². The van der Waals surface area contributed by atoms with Gasteiger partial charge in [0, 0.05) is 42.2 Å². The molecule has 1 fully saturated rings. The predicted octanol–water partition coefficient (Wildman–Crippen LogP) is 3.12. The van der Waals surface area contributed by atoms with Crippen LogP contribution in [0.1, 0.15) is 31.9 Å². The third-order valence-corrected chi connectivity index (χ3v) is 5.32. The van der Waals surface area contributed by atoms with Crippen LogP contribution >= 0.6 is 15.9 Å². The van der Waals surface area contributed by atoms with Crippen molar-refractivity contribution in [1.82, 2.24) is 15.1 Å². The second kappa shape index (κ2) is 7.73. The van der Waals surface area contributed by atoms with E-state index in [-0.39, 0.29) is 0 Å². The van der Waals surface area contributed by atoms with E-state index in [4.69, 9.17) is 0 Å². The van der Waals surface area contributed by atoms with Crippen LogP contribution < -0.4 is 5.32 Å². The molecule has 1 aliphatic heterocycles. The molecule has 1 aliphatic rings. The van der Waals surface area contributed by atoms with Crippen molar-refractivity contribution < 1.29 is 0 Å². The molecule has 3 unspecified atom stereocenters. The molecular formula is C17H28BrN3. The normalized spacial score (nSPS) is 26.0. The number of hydrogen-bond acceptors (Lipinski definition) is 3. The van der Waals surface area contributed by atoms with Crippen LogP contribution in [0.25, 0.3) is 0 Å². The van der Waals surface area contributed by atoms with Gasteiger partial charge in [0.2, 0.25) is 0 Å². The fourth-order valence-corrected chi connectivity index (χ4v) is 3.45. The van der Waals surface area contributed by atoms with E-state index >= 15 is 0 Å². The Hall–Kier alpha value is -0.420. The standard InChI is InChI=1S/C17H28BrN3/c1-13-11-21(12-14(2)20(13)4)10-9-17(19-3)15-5-7-16(18)8-6-15/h5-8,13-14,17,19H,9-12H2,1-4H3. The number of piperazine rings is 1. The number of rotatable bonds is 5. The van der Waals surface area contributed by atoms with Gasteiger partial charge in [-0.3, -0.25) is 4.90 Å². The van der Waals surface area contributed by atoms with E-state index in [0.717, 1.165) is 17.4 Å². The summed E-state index contributed by atoms with van der Waals surface area (Å²) in [5, 5.41) is 3.46. The van der Waals surface area contributed by atoms with Crippen molar-refractivity contribution >= 4 is 15.9 Å². The first-order valence-electron chi connectivity index (χ1n) is 7.88. The minimum atomic E-state index is 0.434. The maximum absolute atomic E-state index is 3.50. The summed E-state index contributed by atoms with van der Waals surface area (Å²) in [5.74, 6) is 0. The van der Waals surface area contributed by atoms with Crippen molar-refractivity contribution in [1.29, 1.82) is 0 Å². The molecule has 1 saturated heterocycles. The molecule has 2 rings (SSSR count). The first-order chi connectivity index (χ1) is 10.0. The maximum Gasteiger partial charge on any atom is 0.0329 e. The zero-order chi connectivity index (χ0) is 15.4. The van der Waals surface area contributed by atoms with Crippen LogP contribution in [0.3, 0.4) is 0 Å². The lowest BCUT2D eigenvalue weighted by molar-refractivity contribution is 0.0579. The second-order valence-electron chi connectivity index (χ2n) is 6.30. The molecule has 4 heteroatoms. The van der Waals surface area contributed by atoms with Crippen molar-refractivity contribution in [2.45, 2.75) is 38.4 Å². The number of hydrogen-bond donors (Lipinski definition) is 1. The van der Waals surface area contributed by atoms with Crippen LogP contribution in [0.15, 0.2) is 28.7 Å². The molecule has 3 nitrogen and oxygen atoms in total. The van der Waals surface area contributed by atoms with Gasteiger partial charge in [-0.1, -0.05) is 28.1 Å². The molecule has 118 valence electrons. The molecule has 21 heavy (non-hydrogen) atoms. The Balaban J connectivity index is 1.90. The molecule has 0 spiro atoms. The summed E-state index contributed by atoms with van der Waals surface area (Å²) in [6.07, 6.45) is 1.15. The SMILES string of the molecule is CNC(CCN1CC(C)N(C)C(C)C1)c1ccc(Br)cc1. The highest BCUT2D eigenvalue weighted by Gasteiger charge is 2.26. The van der Waals surface area contributed by atoms with Crippen LogP contribution in [0.2, 0.25) is 0 Å². The van der Waals surface area contributed by atoms with Crippen LogP contribution in [0.5, 0.6) is 0 Å².